The lowest BCUT2D eigenvalue weighted by atomic mass is 10.0. The third-order valence-electron chi connectivity index (χ3n) is 5.71. The zero-order valence-electron chi connectivity index (χ0n) is 21.2. The summed E-state index contributed by atoms with van der Waals surface area (Å²) in [7, 11) is 0. The number of hydrogen-bond acceptors (Lipinski definition) is 3. The molecule has 2 amide bonds. The first kappa shape index (κ1) is 26.6. The molecule has 0 saturated heterocycles. The summed E-state index contributed by atoms with van der Waals surface area (Å²) in [5.41, 5.74) is 5.61. The summed E-state index contributed by atoms with van der Waals surface area (Å²) in [6, 6.07) is 25.8. The Balaban J connectivity index is 1.84. The van der Waals surface area contributed by atoms with Gasteiger partial charge in [-0.25, -0.2) is 0 Å². The van der Waals surface area contributed by atoms with Gasteiger partial charge in [-0.1, -0.05) is 90.0 Å². The Morgan fingerprint density at radius 1 is 0.829 bits per heavy atom. The van der Waals surface area contributed by atoms with Gasteiger partial charge in [-0.05, 0) is 44.4 Å². The maximum Gasteiger partial charge on any atom is 0.243 e. The molecule has 0 saturated carbocycles. The number of carbonyl (C=O) groups excluding carboxylic acids is 2. The normalized spacial score (nSPS) is 11.8. The van der Waals surface area contributed by atoms with E-state index in [0.29, 0.717) is 18.7 Å². The number of amides is 2. The molecule has 3 aromatic carbocycles. The number of nitrogens with zero attached hydrogens (tertiary/aromatic N) is 1. The first-order valence-corrected chi connectivity index (χ1v) is 13.3. The number of thioether (sulfide) groups is 1. The molecule has 184 valence electrons. The molecule has 0 fully saturated rings. The maximum atomic E-state index is 13.6. The molecule has 0 bridgehead atoms. The van der Waals surface area contributed by atoms with Crippen molar-refractivity contribution >= 4 is 23.6 Å². The molecule has 0 spiro atoms. The van der Waals surface area contributed by atoms with Gasteiger partial charge in [-0.15, -0.1) is 11.8 Å². The highest BCUT2D eigenvalue weighted by atomic mass is 32.2. The smallest absolute Gasteiger partial charge is 0.243 e. The van der Waals surface area contributed by atoms with Crippen molar-refractivity contribution in [2.24, 2.45) is 0 Å². The molecular weight excluding hydrogens is 452 g/mol. The third-order valence-corrected chi connectivity index (χ3v) is 6.70. The Labute approximate surface area is 214 Å². The second-order valence-corrected chi connectivity index (χ2v) is 10.3. The number of carbonyl (C=O) groups is 2. The van der Waals surface area contributed by atoms with Crippen molar-refractivity contribution in [1.29, 1.82) is 0 Å². The summed E-state index contributed by atoms with van der Waals surface area (Å²) in [6.45, 7) is 8.41. The van der Waals surface area contributed by atoms with Gasteiger partial charge in [0, 0.05) is 24.8 Å². The summed E-state index contributed by atoms with van der Waals surface area (Å²) >= 11 is 1.59. The van der Waals surface area contributed by atoms with E-state index in [0.717, 1.165) is 22.4 Å². The van der Waals surface area contributed by atoms with E-state index >= 15 is 0 Å². The zero-order valence-corrected chi connectivity index (χ0v) is 22.0. The van der Waals surface area contributed by atoms with Crippen molar-refractivity contribution in [2.75, 3.05) is 5.75 Å². The molecular formula is C30H36N2O2S. The van der Waals surface area contributed by atoms with Crippen molar-refractivity contribution in [3.05, 3.63) is 107 Å². The van der Waals surface area contributed by atoms with Gasteiger partial charge in [0.15, 0.2) is 0 Å². The molecule has 1 atom stereocenters. The number of hydrogen-bond donors (Lipinski definition) is 1. The Morgan fingerprint density at radius 2 is 1.43 bits per heavy atom. The quantitative estimate of drug-likeness (QED) is 0.377. The Hall–Kier alpha value is -3.05. The van der Waals surface area contributed by atoms with E-state index in [1.807, 2.05) is 75.4 Å². The van der Waals surface area contributed by atoms with Gasteiger partial charge in [0.1, 0.15) is 6.04 Å². The van der Waals surface area contributed by atoms with Gasteiger partial charge < -0.3 is 10.2 Å². The fourth-order valence-electron chi connectivity index (χ4n) is 4.08. The van der Waals surface area contributed by atoms with Crippen molar-refractivity contribution < 1.29 is 9.59 Å². The first-order chi connectivity index (χ1) is 16.8. The molecule has 35 heavy (non-hydrogen) atoms. The molecule has 0 aliphatic rings. The van der Waals surface area contributed by atoms with Crippen molar-refractivity contribution in [2.45, 2.75) is 58.5 Å². The minimum absolute atomic E-state index is 0.00705. The fourth-order valence-corrected chi connectivity index (χ4v) is 4.94. The van der Waals surface area contributed by atoms with Gasteiger partial charge >= 0.3 is 0 Å². The lowest BCUT2D eigenvalue weighted by Gasteiger charge is -2.32. The fraction of sp³-hybridized carbons (Fsp3) is 0.333. The van der Waals surface area contributed by atoms with Gasteiger partial charge in [-0.3, -0.25) is 9.59 Å². The van der Waals surface area contributed by atoms with E-state index in [2.05, 4.69) is 36.5 Å². The lowest BCUT2D eigenvalue weighted by Crippen LogP contribution is -2.52. The van der Waals surface area contributed by atoms with Gasteiger partial charge in [-0.2, -0.15) is 0 Å². The van der Waals surface area contributed by atoms with Crippen LogP contribution in [-0.4, -0.2) is 34.6 Å². The summed E-state index contributed by atoms with van der Waals surface area (Å²) in [5, 5.41) is 3.04. The highest BCUT2D eigenvalue weighted by Crippen LogP contribution is 2.19. The molecule has 5 heteroatoms. The molecule has 0 heterocycles. The maximum absolute atomic E-state index is 13.6. The van der Waals surface area contributed by atoms with Gasteiger partial charge in [0.05, 0.1) is 5.75 Å². The van der Waals surface area contributed by atoms with Crippen LogP contribution >= 0.6 is 11.8 Å². The zero-order chi connectivity index (χ0) is 25.2. The molecule has 0 aliphatic carbocycles. The van der Waals surface area contributed by atoms with Crippen LogP contribution in [0, 0.1) is 13.8 Å². The topological polar surface area (TPSA) is 49.4 Å². The molecule has 4 nitrogen and oxygen atoms in total. The average molecular weight is 489 g/mol. The monoisotopic (exact) mass is 488 g/mol. The van der Waals surface area contributed by atoms with Crippen LogP contribution in [0.1, 0.15) is 41.7 Å². The lowest BCUT2D eigenvalue weighted by molar-refractivity contribution is -0.139. The summed E-state index contributed by atoms with van der Waals surface area (Å²) in [4.78, 5) is 28.8. The molecule has 0 aromatic heterocycles. The highest BCUT2D eigenvalue weighted by Gasteiger charge is 2.30. The first-order valence-electron chi connectivity index (χ1n) is 12.1. The summed E-state index contributed by atoms with van der Waals surface area (Å²) in [5.74, 6) is 0.935. The number of benzene rings is 3. The minimum atomic E-state index is -0.590. The van der Waals surface area contributed by atoms with Crippen LogP contribution in [0.5, 0.6) is 0 Å². The van der Waals surface area contributed by atoms with Crippen LogP contribution < -0.4 is 5.32 Å². The SMILES string of the molecule is Cc1cccc(CSCC(=O)N(Cc2cccc(C)c2)C(Cc2ccccc2)C(=O)NC(C)C)c1. The molecule has 1 unspecified atom stereocenters. The summed E-state index contributed by atoms with van der Waals surface area (Å²) in [6.07, 6.45) is 0.472. The van der Waals surface area contributed by atoms with Crippen LogP contribution in [0.2, 0.25) is 0 Å². The van der Waals surface area contributed by atoms with E-state index in [-0.39, 0.29) is 17.9 Å². The van der Waals surface area contributed by atoms with Crippen molar-refractivity contribution in [3.63, 3.8) is 0 Å². The van der Waals surface area contributed by atoms with Crippen LogP contribution in [0.25, 0.3) is 0 Å². The van der Waals surface area contributed by atoms with Gasteiger partial charge in [0.2, 0.25) is 11.8 Å². The molecule has 3 rings (SSSR count). The molecule has 0 radical (unpaired) electrons. The molecule has 0 aliphatic heterocycles. The highest BCUT2D eigenvalue weighted by molar-refractivity contribution is 7.99. The second-order valence-electron chi connectivity index (χ2n) is 9.36. The van der Waals surface area contributed by atoms with E-state index in [1.54, 1.807) is 16.7 Å². The Kier molecular flexibility index (Phi) is 9.98. The largest absolute Gasteiger partial charge is 0.352 e. The van der Waals surface area contributed by atoms with Crippen LogP contribution in [0.3, 0.4) is 0 Å². The number of aryl methyl sites for hydroxylation is 2. The molecule has 3 aromatic rings. The minimum Gasteiger partial charge on any atom is -0.352 e. The standard InChI is InChI=1S/C30H36N2O2S/c1-22(2)31-30(34)28(18-25-12-6-5-7-13-25)32(19-26-14-8-10-23(3)16-26)29(33)21-35-20-27-15-9-11-24(4)17-27/h5-17,22,28H,18-21H2,1-4H3,(H,31,34). The van der Waals surface area contributed by atoms with E-state index in [9.17, 15) is 9.59 Å². The molecule has 1 N–H and O–H groups in total. The van der Waals surface area contributed by atoms with E-state index < -0.39 is 6.04 Å². The number of rotatable bonds is 11. The van der Waals surface area contributed by atoms with Gasteiger partial charge in [0.25, 0.3) is 0 Å². The van der Waals surface area contributed by atoms with Crippen LogP contribution in [-0.2, 0) is 28.3 Å². The predicted molar refractivity (Wildman–Crippen MR) is 146 cm³/mol. The Bertz CT molecular complexity index is 1110. The van der Waals surface area contributed by atoms with Crippen molar-refractivity contribution in [1.82, 2.24) is 10.2 Å². The number of nitrogens with one attached hydrogen (secondary N) is 1. The van der Waals surface area contributed by atoms with E-state index in [1.165, 1.54) is 11.1 Å². The average Bonchev–Trinajstić information content (AvgIpc) is 2.81. The predicted octanol–water partition coefficient (Wildman–Crippen LogP) is 5.70. The van der Waals surface area contributed by atoms with E-state index in [4.69, 9.17) is 0 Å². The van der Waals surface area contributed by atoms with Crippen LogP contribution in [0.15, 0.2) is 78.9 Å². The van der Waals surface area contributed by atoms with Crippen molar-refractivity contribution in [3.8, 4) is 0 Å². The Morgan fingerprint density at radius 3 is 2.06 bits per heavy atom. The summed E-state index contributed by atoms with van der Waals surface area (Å²) < 4.78 is 0. The third kappa shape index (κ3) is 8.59. The second kappa shape index (κ2) is 13.1. The van der Waals surface area contributed by atoms with Crippen LogP contribution in [0.4, 0.5) is 0 Å².